The zero-order valence-corrected chi connectivity index (χ0v) is 11.0. The SMILES string of the molecule is C.NCCCC[C@H](N)C(=O)O.[Au].[Pt]. The number of carboxylic acids is 1. The first kappa shape index (κ1) is 23.6. The number of hydrogen-bond acceptors (Lipinski definition) is 3. The van der Waals surface area contributed by atoms with Crippen LogP contribution in [0, 0.1) is 0 Å². The number of unbranched alkanes of at least 4 members (excludes halogenated alkanes) is 1. The Morgan fingerprint density at radius 1 is 1.38 bits per heavy atom. The van der Waals surface area contributed by atoms with E-state index in [0.717, 1.165) is 12.8 Å². The van der Waals surface area contributed by atoms with E-state index >= 15 is 0 Å². The molecule has 6 heteroatoms. The van der Waals surface area contributed by atoms with Crippen molar-refractivity contribution in [2.45, 2.75) is 32.7 Å². The first-order valence-electron chi connectivity index (χ1n) is 3.37. The normalized spacial score (nSPS) is 10.0. The molecular weight excluding hydrogens is 536 g/mol. The average Bonchev–Trinajstić information content (AvgIpc) is 1.88. The molecule has 0 aromatic carbocycles. The van der Waals surface area contributed by atoms with E-state index in [1.807, 2.05) is 0 Å². The molecule has 0 spiro atoms. The number of nitrogens with two attached hydrogens (primary N) is 2. The van der Waals surface area contributed by atoms with Gasteiger partial charge in [0.15, 0.2) is 0 Å². The van der Waals surface area contributed by atoms with Crippen LogP contribution in [0.1, 0.15) is 26.7 Å². The van der Waals surface area contributed by atoms with Crippen LogP contribution in [0.15, 0.2) is 0 Å². The third-order valence-electron chi connectivity index (χ3n) is 1.29. The minimum absolute atomic E-state index is 0. The fourth-order valence-electron chi connectivity index (χ4n) is 0.632. The van der Waals surface area contributed by atoms with Gasteiger partial charge in [0, 0.05) is 43.4 Å². The van der Waals surface area contributed by atoms with Crippen LogP contribution < -0.4 is 11.5 Å². The molecule has 13 heavy (non-hydrogen) atoms. The molecule has 1 radical (unpaired) electrons. The maximum atomic E-state index is 10.1. The van der Waals surface area contributed by atoms with Crippen molar-refractivity contribution in [3.63, 3.8) is 0 Å². The Balaban J connectivity index is -0.000000135. The molecule has 0 fully saturated rings. The van der Waals surface area contributed by atoms with Crippen LogP contribution in [0.4, 0.5) is 0 Å². The Kier molecular flexibility index (Phi) is 27.7. The number of hydrogen-bond donors (Lipinski definition) is 3. The molecule has 1 atom stereocenters. The zero-order valence-electron chi connectivity index (χ0n) is 6.53. The predicted molar refractivity (Wildman–Crippen MR) is 45.2 cm³/mol. The van der Waals surface area contributed by atoms with Gasteiger partial charge in [-0.1, -0.05) is 13.8 Å². The molecule has 5 N–H and O–H groups in total. The smallest absolute Gasteiger partial charge is 0.320 e. The van der Waals surface area contributed by atoms with Crippen molar-refractivity contribution in [2.24, 2.45) is 11.5 Å². The third-order valence-corrected chi connectivity index (χ3v) is 1.29. The Labute approximate surface area is 110 Å². The molecule has 89 valence electrons. The quantitative estimate of drug-likeness (QED) is 0.334. The van der Waals surface area contributed by atoms with Crippen LogP contribution in [0.3, 0.4) is 0 Å². The maximum Gasteiger partial charge on any atom is 0.320 e. The molecule has 0 unspecified atom stereocenters. The summed E-state index contributed by atoms with van der Waals surface area (Å²) in [5, 5.41) is 8.33. The molecular formula is C7H18AuN2O2Pt. The van der Waals surface area contributed by atoms with E-state index in [-0.39, 0.29) is 50.9 Å². The Morgan fingerprint density at radius 3 is 2.15 bits per heavy atom. The van der Waals surface area contributed by atoms with Gasteiger partial charge in [0.2, 0.25) is 0 Å². The number of aliphatic carboxylic acids is 1. The second-order valence-corrected chi connectivity index (χ2v) is 2.23. The topological polar surface area (TPSA) is 89.3 Å². The van der Waals surface area contributed by atoms with Gasteiger partial charge in [-0.05, 0) is 19.4 Å². The van der Waals surface area contributed by atoms with Gasteiger partial charge in [-0.2, -0.15) is 0 Å². The average molecular weight is 554 g/mol. The molecule has 0 rings (SSSR count). The molecule has 0 saturated carbocycles. The van der Waals surface area contributed by atoms with E-state index in [2.05, 4.69) is 0 Å². The molecule has 0 aliphatic heterocycles. The summed E-state index contributed by atoms with van der Waals surface area (Å²) in [4.78, 5) is 10.1. The van der Waals surface area contributed by atoms with E-state index < -0.39 is 12.0 Å². The van der Waals surface area contributed by atoms with Gasteiger partial charge < -0.3 is 16.6 Å². The van der Waals surface area contributed by atoms with Crippen LogP contribution in [0.5, 0.6) is 0 Å². The summed E-state index contributed by atoms with van der Waals surface area (Å²) in [7, 11) is 0. The van der Waals surface area contributed by atoms with E-state index in [1.165, 1.54) is 0 Å². The molecule has 0 amide bonds. The first-order chi connectivity index (χ1) is 4.68. The van der Waals surface area contributed by atoms with Gasteiger partial charge in [-0.3, -0.25) is 4.79 Å². The molecule has 0 saturated heterocycles. The van der Waals surface area contributed by atoms with E-state index in [1.54, 1.807) is 0 Å². The molecule has 4 nitrogen and oxygen atoms in total. The van der Waals surface area contributed by atoms with Crippen LogP contribution in [-0.2, 0) is 48.2 Å². The summed E-state index contributed by atoms with van der Waals surface area (Å²) in [5.41, 5.74) is 10.4. The second-order valence-electron chi connectivity index (χ2n) is 2.23. The van der Waals surface area contributed by atoms with Crippen molar-refractivity contribution >= 4 is 5.97 Å². The van der Waals surface area contributed by atoms with Gasteiger partial charge in [0.1, 0.15) is 6.04 Å². The van der Waals surface area contributed by atoms with Crippen molar-refractivity contribution in [3.05, 3.63) is 0 Å². The number of rotatable bonds is 5. The monoisotopic (exact) mass is 554 g/mol. The van der Waals surface area contributed by atoms with Crippen LogP contribution in [0.2, 0.25) is 0 Å². The van der Waals surface area contributed by atoms with E-state index in [0.29, 0.717) is 13.0 Å². The predicted octanol–water partition coefficient (Wildman–Crippen LogP) is 0.158. The maximum absolute atomic E-state index is 10.1. The summed E-state index contributed by atoms with van der Waals surface area (Å²) in [6.07, 6.45) is 2.16. The largest absolute Gasteiger partial charge is 0.480 e. The van der Waals surface area contributed by atoms with Crippen LogP contribution in [0.25, 0.3) is 0 Å². The summed E-state index contributed by atoms with van der Waals surface area (Å²) in [5.74, 6) is -0.933. The standard InChI is InChI=1S/C6H14N2O2.CH4.Au.Pt/c7-4-2-1-3-5(8)6(9)10;;;/h5H,1-4,7-8H2,(H,9,10);1H4;;/t5-;;;/m0.../s1. The molecule has 0 bridgehead atoms. The van der Waals surface area contributed by atoms with Gasteiger partial charge in [0.05, 0.1) is 0 Å². The summed E-state index contributed by atoms with van der Waals surface area (Å²) >= 11 is 0. The van der Waals surface area contributed by atoms with Crippen molar-refractivity contribution in [1.82, 2.24) is 0 Å². The molecule has 0 aromatic heterocycles. The second kappa shape index (κ2) is 15.3. The fraction of sp³-hybridized carbons (Fsp3) is 0.857. The minimum atomic E-state index is -0.933. The molecule has 0 aromatic rings. The van der Waals surface area contributed by atoms with Crippen molar-refractivity contribution < 1.29 is 53.3 Å². The summed E-state index contributed by atoms with van der Waals surface area (Å²) in [6.45, 7) is 0.604. The Morgan fingerprint density at radius 2 is 1.85 bits per heavy atom. The van der Waals surface area contributed by atoms with Crippen LogP contribution in [-0.4, -0.2) is 23.7 Å². The zero-order chi connectivity index (χ0) is 7.98. The third kappa shape index (κ3) is 15.6. The minimum Gasteiger partial charge on any atom is -0.480 e. The van der Waals surface area contributed by atoms with Crippen LogP contribution >= 0.6 is 0 Å². The van der Waals surface area contributed by atoms with Crippen molar-refractivity contribution in [1.29, 1.82) is 0 Å². The summed E-state index contributed by atoms with van der Waals surface area (Å²) in [6, 6.07) is -0.716. The van der Waals surface area contributed by atoms with E-state index in [4.69, 9.17) is 16.6 Å². The van der Waals surface area contributed by atoms with Gasteiger partial charge >= 0.3 is 5.97 Å². The Bertz CT molecular complexity index is 117. The first-order valence-corrected chi connectivity index (χ1v) is 3.37. The molecule has 0 aliphatic rings. The Hall–Kier alpha value is 0.819. The van der Waals surface area contributed by atoms with Gasteiger partial charge in [-0.25, -0.2) is 0 Å². The molecule has 0 heterocycles. The van der Waals surface area contributed by atoms with Gasteiger partial charge in [-0.15, -0.1) is 0 Å². The summed E-state index contributed by atoms with van der Waals surface area (Å²) < 4.78 is 0. The van der Waals surface area contributed by atoms with Crippen molar-refractivity contribution in [2.75, 3.05) is 6.54 Å². The van der Waals surface area contributed by atoms with Crippen molar-refractivity contribution in [3.8, 4) is 0 Å². The van der Waals surface area contributed by atoms with E-state index in [9.17, 15) is 4.79 Å². The molecule has 0 aliphatic carbocycles. The van der Waals surface area contributed by atoms with Gasteiger partial charge in [0.25, 0.3) is 0 Å². The number of carbonyl (C=O) groups is 1. The number of carboxylic acid groups (broad SMARTS) is 1. The fourth-order valence-corrected chi connectivity index (χ4v) is 0.632.